The van der Waals surface area contributed by atoms with Gasteiger partial charge in [-0.3, -0.25) is 14.5 Å². The number of aryl methyl sites for hydroxylation is 1. The van der Waals surface area contributed by atoms with Crippen LogP contribution in [0.1, 0.15) is 45.0 Å². The van der Waals surface area contributed by atoms with E-state index in [1.807, 2.05) is 36.4 Å². The average Bonchev–Trinajstić information content (AvgIpc) is 3.47. The van der Waals surface area contributed by atoms with Gasteiger partial charge in [0, 0.05) is 62.0 Å². The largest absolute Gasteiger partial charge is 0.487 e. The van der Waals surface area contributed by atoms with Crippen molar-refractivity contribution in [2.75, 3.05) is 38.5 Å². The zero-order chi connectivity index (χ0) is 27.4. The standard InChI is InChI=1S/C31H33N5O4/c1-18-15-19(3-4-20(18)17-36-13-11-35(2)12-14-36)31(38)34-28-27-23-16-21(5-7-24(23)40-29(27)28)39-25-9-10-32-30-22(25)6-8-26(37)33-30/h3-5,7,9-10,15-16,27-29H,6,8,11-14,17H2,1-2H3,(H,34,38)(H,32,33,37)/t27-,28+,29-/m0/s1. The van der Waals surface area contributed by atoms with Crippen LogP contribution < -0.4 is 20.1 Å². The number of hydrogen-bond donors (Lipinski definition) is 2. The van der Waals surface area contributed by atoms with Crippen molar-refractivity contribution >= 4 is 17.6 Å². The van der Waals surface area contributed by atoms with E-state index in [1.54, 1.807) is 6.20 Å². The Kier molecular flexibility index (Phi) is 6.20. The number of rotatable bonds is 6. The van der Waals surface area contributed by atoms with Crippen molar-refractivity contribution in [1.29, 1.82) is 0 Å². The minimum atomic E-state index is -0.0725. The van der Waals surface area contributed by atoms with Gasteiger partial charge < -0.3 is 25.0 Å². The van der Waals surface area contributed by atoms with E-state index in [-0.39, 0.29) is 29.9 Å². The van der Waals surface area contributed by atoms with Gasteiger partial charge in [0.05, 0.1) is 12.0 Å². The van der Waals surface area contributed by atoms with Crippen molar-refractivity contribution in [3.63, 3.8) is 0 Å². The second-order valence-corrected chi connectivity index (χ2v) is 11.3. The summed E-state index contributed by atoms with van der Waals surface area (Å²) >= 11 is 0. The molecule has 40 heavy (non-hydrogen) atoms. The molecule has 0 radical (unpaired) electrons. The predicted molar refractivity (Wildman–Crippen MR) is 150 cm³/mol. The molecule has 7 rings (SSSR count). The molecule has 1 saturated carbocycles. The summed E-state index contributed by atoms with van der Waals surface area (Å²) in [7, 11) is 2.16. The number of aromatic nitrogens is 1. The third kappa shape index (κ3) is 4.69. The first kappa shape index (κ1) is 25.0. The molecule has 1 aromatic heterocycles. The Bertz CT molecular complexity index is 1500. The SMILES string of the molecule is Cc1cc(C(=O)N[C@H]2[C@H]3Oc4ccc(Oc5ccnc6c5CCC(=O)N6)cc4[C@@H]23)ccc1CN1CCN(C)CC1. The summed E-state index contributed by atoms with van der Waals surface area (Å²) in [5, 5.41) is 6.00. The Morgan fingerprint density at radius 3 is 2.80 bits per heavy atom. The Balaban J connectivity index is 1.00. The van der Waals surface area contributed by atoms with Crippen LogP contribution in [0.5, 0.6) is 17.2 Å². The first-order chi connectivity index (χ1) is 19.4. The van der Waals surface area contributed by atoms with Crippen LogP contribution in [0.15, 0.2) is 48.7 Å². The molecule has 4 aliphatic rings. The van der Waals surface area contributed by atoms with Crippen LogP contribution in [0.25, 0.3) is 0 Å². The van der Waals surface area contributed by atoms with Gasteiger partial charge in [-0.2, -0.15) is 0 Å². The van der Waals surface area contributed by atoms with Gasteiger partial charge in [0.25, 0.3) is 5.91 Å². The Hall–Kier alpha value is -3.95. The smallest absolute Gasteiger partial charge is 0.251 e. The molecule has 3 atom stereocenters. The molecule has 0 spiro atoms. The fourth-order valence-corrected chi connectivity index (χ4v) is 6.05. The molecule has 2 N–H and O–H groups in total. The van der Waals surface area contributed by atoms with E-state index >= 15 is 0 Å². The summed E-state index contributed by atoms with van der Waals surface area (Å²) in [4.78, 5) is 34.0. The number of carbonyl (C=O) groups excluding carboxylic acids is 2. The Labute approximate surface area is 233 Å². The van der Waals surface area contributed by atoms with Gasteiger partial charge in [0.15, 0.2) is 0 Å². The van der Waals surface area contributed by atoms with Gasteiger partial charge in [-0.15, -0.1) is 0 Å². The molecule has 3 aliphatic heterocycles. The van der Waals surface area contributed by atoms with Gasteiger partial charge in [-0.25, -0.2) is 4.98 Å². The predicted octanol–water partition coefficient (Wildman–Crippen LogP) is 3.47. The van der Waals surface area contributed by atoms with Crippen molar-refractivity contribution in [1.82, 2.24) is 20.1 Å². The molecule has 0 unspecified atom stereocenters. The van der Waals surface area contributed by atoms with Gasteiger partial charge >= 0.3 is 0 Å². The number of ether oxygens (including phenoxy) is 2. The quantitative estimate of drug-likeness (QED) is 0.495. The van der Waals surface area contributed by atoms with E-state index in [0.717, 1.165) is 55.2 Å². The third-order valence-corrected chi connectivity index (χ3v) is 8.55. The maximum atomic E-state index is 13.2. The van der Waals surface area contributed by atoms with Crippen molar-refractivity contribution in [2.24, 2.45) is 0 Å². The molecule has 206 valence electrons. The lowest BCUT2D eigenvalue weighted by molar-refractivity contribution is -0.116. The molecule has 2 amide bonds. The van der Waals surface area contributed by atoms with Crippen LogP contribution in [0, 0.1) is 6.92 Å². The summed E-state index contributed by atoms with van der Waals surface area (Å²) in [6.07, 6.45) is 2.58. The van der Waals surface area contributed by atoms with Gasteiger partial charge in [-0.1, -0.05) is 6.07 Å². The number of nitrogens with zero attached hydrogens (tertiary/aromatic N) is 3. The second kappa shape index (κ2) is 9.91. The van der Waals surface area contributed by atoms with Crippen molar-refractivity contribution in [3.8, 4) is 17.2 Å². The minimum absolute atomic E-state index is 0.0311. The third-order valence-electron chi connectivity index (χ3n) is 8.55. The average molecular weight is 540 g/mol. The summed E-state index contributed by atoms with van der Waals surface area (Å²) < 4.78 is 12.4. The molecule has 1 saturated heterocycles. The van der Waals surface area contributed by atoms with E-state index in [1.165, 1.54) is 5.56 Å². The molecular formula is C31H33N5O4. The van der Waals surface area contributed by atoms with Crippen LogP contribution in [0.3, 0.4) is 0 Å². The van der Waals surface area contributed by atoms with Crippen LogP contribution in [0.4, 0.5) is 5.82 Å². The van der Waals surface area contributed by atoms with Crippen LogP contribution in [-0.4, -0.2) is 72.0 Å². The number of fused-ring (bicyclic) bond motifs is 4. The van der Waals surface area contributed by atoms with E-state index in [4.69, 9.17) is 9.47 Å². The summed E-state index contributed by atoms with van der Waals surface area (Å²) in [6, 6.07) is 13.6. The van der Waals surface area contributed by atoms with Crippen molar-refractivity contribution < 1.29 is 19.1 Å². The summed E-state index contributed by atoms with van der Waals surface area (Å²) in [5.41, 5.74) is 5.04. The number of nitrogens with one attached hydrogen (secondary N) is 2. The highest BCUT2D eigenvalue weighted by Gasteiger charge is 2.59. The number of anilines is 1. The molecule has 1 aliphatic carbocycles. The topological polar surface area (TPSA) is 96.0 Å². The normalized spacial score (nSPS) is 23.4. The number of piperazine rings is 1. The van der Waals surface area contributed by atoms with Crippen molar-refractivity contribution in [3.05, 3.63) is 76.5 Å². The molecule has 2 fully saturated rings. The van der Waals surface area contributed by atoms with Crippen LogP contribution in [0.2, 0.25) is 0 Å². The number of benzene rings is 2. The number of likely N-dealkylation sites (N-methyl/N-ethyl adjacent to an activating group) is 1. The molecule has 3 aromatic rings. The number of pyridine rings is 1. The number of amides is 2. The number of carbonyl (C=O) groups is 2. The maximum absolute atomic E-state index is 13.2. The molecule has 9 heteroatoms. The zero-order valence-corrected chi connectivity index (χ0v) is 22.8. The van der Waals surface area contributed by atoms with Crippen LogP contribution >= 0.6 is 0 Å². The van der Waals surface area contributed by atoms with E-state index in [0.29, 0.717) is 35.7 Å². The first-order valence-corrected chi connectivity index (χ1v) is 14.0. The highest BCUT2D eigenvalue weighted by Crippen LogP contribution is 2.54. The fraction of sp³-hybridized carbons (Fsp3) is 0.387. The monoisotopic (exact) mass is 539 g/mol. The molecule has 4 heterocycles. The highest BCUT2D eigenvalue weighted by atomic mass is 16.5. The Morgan fingerprint density at radius 2 is 1.98 bits per heavy atom. The lowest BCUT2D eigenvalue weighted by Gasteiger charge is -2.32. The molecular weight excluding hydrogens is 506 g/mol. The first-order valence-electron chi connectivity index (χ1n) is 14.0. The van der Waals surface area contributed by atoms with Crippen molar-refractivity contribution in [2.45, 2.75) is 44.4 Å². The molecule has 9 nitrogen and oxygen atoms in total. The van der Waals surface area contributed by atoms with Gasteiger partial charge in [0.2, 0.25) is 5.91 Å². The maximum Gasteiger partial charge on any atom is 0.251 e. The van der Waals surface area contributed by atoms with E-state index in [9.17, 15) is 9.59 Å². The van der Waals surface area contributed by atoms with E-state index in [2.05, 4.69) is 45.5 Å². The zero-order valence-electron chi connectivity index (χ0n) is 22.8. The van der Waals surface area contributed by atoms with E-state index < -0.39 is 0 Å². The van der Waals surface area contributed by atoms with Gasteiger partial charge in [-0.05, 0) is 67.9 Å². The highest BCUT2D eigenvalue weighted by molar-refractivity contribution is 5.95. The minimum Gasteiger partial charge on any atom is -0.487 e. The lowest BCUT2D eigenvalue weighted by Crippen LogP contribution is -2.43. The molecule has 0 bridgehead atoms. The fourth-order valence-electron chi connectivity index (χ4n) is 6.05. The number of hydrogen-bond acceptors (Lipinski definition) is 7. The summed E-state index contributed by atoms with van der Waals surface area (Å²) in [5.74, 6) is 2.77. The van der Waals surface area contributed by atoms with Gasteiger partial charge in [0.1, 0.15) is 29.2 Å². The Morgan fingerprint density at radius 1 is 1.12 bits per heavy atom. The lowest BCUT2D eigenvalue weighted by atomic mass is 10.0. The molecule has 2 aromatic carbocycles. The van der Waals surface area contributed by atoms with Crippen LogP contribution in [-0.2, 0) is 17.8 Å². The summed E-state index contributed by atoms with van der Waals surface area (Å²) in [6.45, 7) is 7.32. The second-order valence-electron chi connectivity index (χ2n) is 11.3.